The van der Waals surface area contributed by atoms with Gasteiger partial charge in [0.05, 0.1) is 12.2 Å². The minimum Gasteiger partial charge on any atom is -0.454 e. The summed E-state index contributed by atoms with van der Waals surface area (Å²) in [5, 5.41) is 14.7. The number of aryl methyl sites for hydroxylation is 2. The van der Waals surface area contributed by atoms with Gasteiger partial charge >= 0.3 is 0 Å². The molecule has 0 saturated carbocycles. The Hall–Kier alpha value is -3.53. The molecule has 2 amide bonds. The first-order chi connectivity index (χ1) is 15.9. The number of rotatable bonds is 8. The number of nitrogens with zero attached hydrogens (tertiary/aromatic N) is 3. The summed E-state index contributed by atoms with van der Waals surface area (Å²) in [5.41, 5.74) is 3.66. The van der Waals surface area contributed by atoms with Gasteiger partial charge in [-0.1, -0.05) is 17.8 Å². The van der Waals surface area contributed by atoms with Gasteiger partial charge in [-0.2, -0.15) is 0 Å². The number of anilines is 2. The fourth-order valence-electron chi connectivity index (χ4n) is 3.34. The van der Waals surface area contributed by atoms with Gasteiger partial charge in [0.15, 0.2) is 16.7 Å². The third kappa shape index (κ3) is 5.46. The van der Waals surface area contributed by atoms with Crippen molar-refractivity contribution in [3.63, 3.8) is 0 Å². The summed E-state index contributed by atoms with van der Waals surface area (Å²) in [4.78, 5) is 24.9. The highest BCUT2D eigenvalue weighted by molar-refractivity contribution is 7.99. The summed E-state index contributed by atoms with van der Waals surface area (Å²) in [6, 6.07) is 11.0. The Labute approximate surface area is 195 Å². The molecule has 0 fully saturated rings. The van der Waals surface area contributed by atoms with E-state index in [0.29, 0.717) is 34.7 Å². The van der Waals surface area contributed by atoms with E-state index in [4.69, 9.17) is 9.47 Å². The third-order valence-corrected chi connectivity index (χ3v) is 6.17. The van der Waals surface area contributed by atoms with Gasteiger partial charge in [0.25, 0.3) is 0 Å². The number of hydrogen-bond acceptors (Lipinski definition) is 7. The second-order valence-electron chi connectivity index (χ2n) is 7.57. The zero-order chi connectivity index (χ0) is 23.4. The molecule has 0 saturated heterocycles. The molecule has 0 bridgehead atoms. The average Bonchev–Trinajstić information content (AvgIpc) is 3.40. The standard InChI is InChI=1S/C23H25N5O4S/c1-4-28-20(11-21(29)24-16-6-5-14(2)15(3)9-16)26-27-23(28)33-12-22(30)25-17-7-8-18-19(10-17)32-13-31-18/h5-10H,4,11-13H2,1-3H3,(H,24,29)(H,25,30). The quantitative estimate of drug-likeness (QED) is 0.488. The highest BCUT2D eigenvalue weighted by Crippen LogP contribution is 2.34. The number of aromatic nitrogens is 3. The van der Waals surface area contributed by atoms with Crippen LogP contribution in [0.1, 0.15) is 23.9 Å². The minimum atomic E-state index is -0.182. The molecule has 10 heteroatoms. The smallest absolute Gasteiger partial charge is 0.234 e. The molecule has 9 nitrogen and oxygen atoms in total. The lowest BCUT2D eigenvalue weighted by Crippen LogP contribution is -2.18. The maximum Gasteiger partial charge on any atom is 0.234 e. The molecule has 33 heavy (non-hydrogen) atoms. The average molecular weight is 468 g/mol. The lowest BCUT2D eigenvalue weighted by atomic mass is 10.1. The number of hydrogen-bond donors (Lipinski definition) is 2. The molecule has 2 N–H and O–H groups in total. The molecule has 172 valence electrons. The third-order valence-electron chi connectivity index (χ3n) is 5.21. The van der Waals surface area contributed by atoms with Gasteiger partial charge in [-0.25, -0.2) is 0 Å². The van der Waals surface area contributed by atoms with Crippen molar-refractivity contribution in [2.75, 3.05) is 23.2 Å². The Morgan fingerprint density at radius 1 is 0.970 bits per heavy atom. The van der Waals surface area contributed by atoms with Crippen LogP contribution in [-0.2, 0) is 22.6 Å². The number of ether oxygens (including phenoxy) is 2. The van der Waals surface area contributed by atoms with Crippen LogP contribution in [-0.4, -0.2) is 39.1 Å². The highest BCUT2D eigenvalue weighted by atomic mass is 32.2. The summed E-state index contributed by atoms with van der Waals surface area (Å²) < 4.78 is 12.5. The van der Waals surface area contributed by atoms with E-state index in [1.54, 1.807) is 18.2 Å². The molecule has 0 atom stereocenters. The Morgan fingerprint density at radius 3 is 2.48 bits per heavy atom. The predicted octanol–water partition coefficient (Wildman–Crippen LogP) is 3.56. The van der Waals surface area contributed by atoms with E-state index in [2.05, 4.69) is 20.8 Å². The van der Waals surface area contributed by atoms with Crippen molar-refractivity contribution in [2.24, 2.45) is 0 Å². The summed E-state index contributed by atoms with van der Waals surface area (Å²) in [6.07, 6.45) is 0.0950. The molecule has 2 heterocycles. The lowest BCUT2D eigenvalue weighted by molar-refractivity contribution is -0.116. The maximum atomic E-state index is 12.5. The monoisotopic (exact) mass is 467 g/mol. The molecular weight excluding hydrogens is 442 g/mol. The van der Waals surface area contributed by atoms with Crippen molar-refractivity contribution in [2.45, 2.75) is 38.9 Å². The Bertz CT molecular complexity index is 1190. The van der Waals surface area contributed by atoms with Gasteiger partial charge in [0.1, 0.15) is 5.82 Å². The summed E-state index contributed by atoms with van der Waals surface area (Å²) in [6.45, 7) is 6.75. The molecule has 1 aliphatic heterocycles. The number of fused-ring (bicyclic) bond motifs is 1. The summed E-state index contributed by atoms with van der Waals surface area (Å²) in [5.74, 6) is 1.62. The van der Waals surface area contributed by atoms with Crippen LogP contribution in [0.4, 0.5) is 11.4 Å². The van der Waals surface area contributed by atoms with Crippen molar-refractivity contribution < 1.29 is 19.1 Å². The molecule has 1 aliphatic rings. The van der Waals surface area contributed by atoms with E-state index in [0.717, 1.165) is 11.3 Å². The Kier molecular flexibility index (Phi) is 6.83. The second kappa shape index (κ2) is 9.95. The molecule has 2 aromatic carbocycles. The number of amides is 2. The van der Waals surface area contributed by atoms with Gasteiger partial charge in [-0.15, -0.1) is 10.2 Å². The first-order valence-electron chi connectivity index (χ1n) is 10.5. The van der Waals surface area contributed by atoms with Gasteiger partial charge in [-0.05, 0) is 56.2 Å². The van der Waals surface area contributed by atoms with Crippen molar-refractivity contribution >= 4 is 35.0 Å². The zero-order valence-electron chi connectivity index (χ0n) is 18.7. The Balaban J connectivity index is 1.33. The van der Waals surface area contributed by atoms with Crippen LogP contribution >= 0.6 is 11.8 Å². The lowest BCUT2D eigenvalue weighted by Gasteiger charge is -2.09. The van der Waals surface area contributed by atoms with E-state index >= 15 is 0 Å². The summed E-state index contributed by atoms with van der Waals surface area (Å²) >= 11 is 1.27. The molecule has 0 spiro atoms. The van der Waals surface area contributed by atoms with Crippen LogP contribution < -0.4 is 20.1 Å². The molecule has 0 unspecified atom stereocenters. The van der Waals surface area contributed by atoms with Crippen LogP contribution in [0.25, 0.3) is 0 Å². The van der Waals surface area contributed by atoms with Crippen LogP contribution in [0.15, 0.2) is 41.6 Å². The SMILES string of the molecule is CCn1c(CC(=O)Nc2ccc(C)c(C)c2)nnc1SCC(=O)Nc1ccc2c(c1)OCO2. The van der Waals surface area contributed by atoms with Crippen molar-refractivity contribution in [3.05, 3.63) is 53.3 Å². The van der Waals surface area contributed by atoms with Crippen molar-refractivity contribution in [1.29, 1.82) is 0 Å². The first kappa shape index (κ1) is 22.7. The number of carbonyl (C=O) groups is 2. The van der Waals surface area contributed by atoms with Gasteiger partial charge in [0.2, 0.25) is 18.6 Å². The van der Waals surface area contributed by atoms with Crippen LogP contribution in [0.3, 0.4) is 0 Å². The fraction of sp³-hybridized carbons (Fsp3) is 0.304. The Morgan fingerprint density at radius 2 is 1.70 bits per heavy atom. The fourth-order valence-corrected chi connectivity index (χ4v) is 4.16. The van der Waals surface area contributed by atoms with Gasteiger partial charge < -0.3 is 24.7 Å². The highest BCUT2D eigenvalue weighted by Gasteiger charge is 2.17. The predicted molar refractivity (Wildman–Crippen MR) is 126 cm³/mol. The molecule has 3 aromatic rings. The maximum absolute atomic E-state index is 12.5. The number of benzene rings is 2. The van der Waals surface area contributed by atoms with E-state index in [-0.39, 0.29) is 30.8 Å². The molecule has 0 aliphatic carbocycles. The second-order valence-corrected chi connectivity index (χ2v) is 8.51. The van der Waals surface area contributed by atoms with Crippen molar-refractivity contribution in [3.8, 4) is 11.5 Å². The molecule has 0 radical (unpaired) electrons. The van der Waals surface area contributed by atoms with E-state index in [1.807, 2.05) is 43.5 Å². The van der Waals surface area contributed by atoms with Crippen LogP contribution in [0.2, 0.25) is 0 Å². The first-order valence-corrected chi connectivity index (χ1v) is 11.5. The number of nitrogens with one attached hydrogen (secondary N) is 2. The largest absolute Gasteiger partial charge is 0.454 e. The van der Waals surface area contributed by atoms with E-state index in [1.165, 1.54) is 17.3 Å². The molecular formula is C23H25N5O4S. The molecule has 1 aromatic heterocycles. The summed E-state index contributed by atoms with van der Waals surface area (Å²) in [7, 11) is 0. The number of thioether (sulfide) groups is 1. The van der Waals surface area contributed by atoms with Gasteiger partial charge in [-0.3, -0.25) is 9.59 Å². The van der Waals surface area contributed by atoms with Crippen LogP contribution in [0, 0.1) is 13.8 Å². The van der Waals surface area contributed by atoms with E-state index in [9.17, 15) is 9.59 Å². The minimum absolute atomic E-state index is 0.0950. The van der Waals surface area contributed by atoms with Gasteiger partial charge in [0, 0.05) is 24.0 Å². The normalized spacial score (nSPS) is 12.0. The molecule has 4 rings (SSSR count). The zero-order valence-corrected chi connectivity index (χ0v) is 19.5. The van der Waals surface area contributed by atoms with Crippen molar-refractivity contribution in [1.82, 2.24) is 14.8 Å². The van der Waals surface area contributed by atoms with Crippen LogP contribution in [0.5, 0.6) is 11.5 Å². The van der Waals surface area contributed by atoms with E-state index < -0.39 is 0 Å². The topological polar surface area (TPSA) is 107 Å². The number of carbonyl (C=O) groups excluding carboxylic acids is 2.